The zero-order valence-electron chi connectivity index (χ0n) is 12.3. The molecule has 0 aliphatic carbocycles. The highest BCUT2D eigenvalue weighted by Gasteiger charge is 2.20. The smallest absolute Gasteiger partial charge is 0.0900 e. The van der Waals surface area contributed by atoms with Gasteiger partial charge in [0, 0.05) is 52.9 Å². The first-order valence-electron chi connectivity index (χ1n) is 7.62. The molecule has 2 saturated heterocycles. The molecule has 0 saturated carbocycles. The molecule has 0 spiro atoms. The number of aliphatic hydroxyl groups excluding tert-OH is 1. The lowest BCUT2D eigenvalue weighted by Gasteiger charge is -2.36. The molecular formula is C14H29N3O2. The zero-order valence-corrected chi connectivity index (χ0v) is 12.3. The second kappa shape index (κ2) is 8.17. The van der Waals surface area contributed by atoms with Crippen molar-refractivity contribution in [2.24, 2.45) is 0 Å². The second-order valence-electron chi connectivity index (χ2n) is 5.80. The molecule has 2 rings (SSSR count). The first-order chi connectivity index (χ1) is 9.28. The van der Waals surface area contributed by atoms with Gasteiger partial charge in [0.2, 0.25) is 0 Å². The fraction of sp³-hybridized carbons (Fsp3) is 1.00. The number of nitrogens with zero attached hydrogens (tertiary/aromatic N) is 3. The van der Waals surface area contributed by atoms with E-state index in [1.54, 1.807) is 7.11 Å². The van der Waals surface area contributed by atoms with Crippen LogP contribution in [0, 0.1) is 0 Å². The molecule has 0 aromatic heterocycles. The number of ether oxygens (including phenoxy) is 1. The van der Waals surface area contributed by atoms with E-state index in [-0.39, 0.29) is 6.10 Å². The number of methoxy groups -OCH3 is 1. The van der Waals surface area contributed by atoms with E-state index in [1.807, 2.05) is 0 Å². The van der Waals surface area contributed by atoms with Crippen molar-refractivity contribution in [1.82, 2.24) is 14.7 Å². The molecule has 2 fully saturated rings. The first kappa shape index (κ1) is 15.2. The van der Waals surface area contributed by atoms with Gasteiger partial charge in [-0.05, 0) is 25.9 Å². The minimum absolute atomic E-state index is 0.346. The Hall–Kier alpha value is -0.200. The van der Waals surface area contributed by atoms with Crippen molar-refractivity contribution in [3.63, 3.8) is 0 Å². The van der Waals surface area contributed by atoms with Gasteiger partial charge in [0.05, 0.1) is 12.7 Å². The maximum absolute atomic E-state index is 9.73. The van der Waals surface area contributed by atoms with Crippen molar-refractivity contribution in [3.8, 4) is 0 Å². The van der Waals surface area contributed by atoms with Crippen molar-refractivity contribution in [1.29, 1.82) is 0 Å². The average molecular weight is 271 g/mol. The van der Waals surface area contributed by atoms with Gasteiger partial charge >= 0.3 is 0 Å². The molecule has 2 aliphatic rings. The van der Waals surface area contributed by atoms with Crippen LogP contribution >= 0.6 is 0 Å². The van der Waals surface area contributed by atoms with E-state index in [0.717, 1.165) is 32.7 Å². The Kier molecular flexibility index (Phi) is 6.53. The standard InChI is InChI=1S/C14H29N3O2/c1-19-13-14(18)12-17-10-8-16(9-11-17)7-6-15-4-2-3-5-15/h14,18H,2-13H2,1H3/t14-/m0/s1. The monoisotopic (exact) mass is 271 g/mol. The van der Waals surface area contributed by atoms with Crippen LogP contribution in [0.15, 0.2) is 0 Å². The molecule has 2 heterocycles. The van der Waals surface area contributed by atoms with Gasteiger partial charge in [-0.3, -0.25) is 9.80 Å². The third-order valence-electron chi connectivity index (χ3n) is 4.22. The number of likely N-dealkylation sites (tertiary alicyclic amines) is 1. The van der Waals surface area contributed by atoms with E-state index in [0.29, 0.717) is 6.61 Å². The van der Waals surface area contributed by atoms with Gasteiger partial charge in [-0.15, -0.1) is 0 Å². The fourth-order valence-electron chi connectivity index (χ4n) is 3.03. The molecule has 0 bridgehead atoms. The van der Waals surface area contributed by atoms with E-state index in [1.165, 1.54) is 39.0 Å². The van der Waals surface area contributed by atoms with Crippen molar-refractivity contribution in [2.75, 3.05) is 72.6 Å². The molecule has 1 atom stereocenters. The van der Waals surface area contributed by atoms with Crippen LogP contribution in [0.2, 0.25) is 0 Å². The number of piperazine rings is 1. The molecule has 19 heavy (non-hydrogen) atoms. The van der Waals surface area contributed by atoms with E-state index in [4.69, 9.17) is 4.74 Å². The number of rotatable bonds is 7. The van der Waals surface area contributed by atoms with Crippen LogP contribution in [0.1, 0.15) is 12.8 Å². The van der Waals surface area contributed by atoms with Crippen molar-refractivity contribution in [3.05, 3.63) is 0 Å². The Bertz CT molecular complexity index is 239. The maximum Gasteiger partial charge on any atom is 0.0900 e. The molecule has 0 aromatic carbocycles. The largest absolute Gasteiger partial charge is 0.389 e. The predicted molar refractivity (Wildman–Crippen MR) is 76.4 cm³/mol. The molecule has 1 N–H and O–H groups in total. The summed E-state index contributed by atoms with van der Waals surface area (Å²) in [6.07, 6.45) is 2.41. The number of aliphatic hydroxyl groups is 1. The first-order valence-corrected chi connectivity index (χ1v) is 7.62. The lowest BCUT2D eigenvalue weighted by molar-refractivity contribution is 0.0231. The molecule has 0 radical (unpaired) electrons. The van der Waals surface area contributed by atoms with Gasteiger partial charge < -0.3 is 14.7 Å². The van der Waals surface area contributed by atoms with Crippen LogP contribution in [-0.4, -0.2) is 98.5 Å². The fourth-order valence-corrected chi connectivity index (χ4v) is 3.03. The summed E-state index contributed by atoms with van der Waals surface area (Å²) in [6.45, 7) is 10.6. The van der Waals surface area contributed by atoms with Crippen LogP contribution in [0.3, 0.4) is 0 Å². The van der Waals surface area contributed by atoms with Gasteiger partial charge in [-0.1, -0.05) is 0 Å². The van der Waals surface area contributed by atoms with Crippen LogP contribution in [-0.2, 0) is 4.74 Å². The highest BCUT2D eigenvalue weighted by molar-refractivity contribution is 4.76. The van der Waals surface area contributed by atoms with Gasteiger partial charge in [-0.25, -0.2) is 0 Å². The molecule has 5 nitrogen and oxygen atoms in total. The van der Waals surface area contributed by atoms with Crippen molar-refractivity contribution in [2.45, 2.75) is 18.9 Å². The molecule has 2 aliphatic heterocycles. The maximum atomic E-state index is 9.73. The molecule has 112 valence electrons. The second-order valence-corrected chi connectivity index (χ2v) is 5.80. The molecule has 0 aromatic rings. The summed E-state index contributed by atoms with van der Waals surface area (Å²) in [7, 11) is 1.64. The summed E-state index contributed by atoms with van der Waals surface area (Å²) in [4.78, 5) is 7.47. The number of β-amino-alcohol motifs (C(OH)–C–C–N with tert-alkyl or cyclic N) is 1. The van der Waals surface area contributed by atoms with Crippen molar-refractivity contribution >= 4 is 0 Å². The van der Waals surface area contributed by atoms with Crippen molar-refractivity contribution < 1.29 is 9.84 Å². The summed E-state index contributed by atoms with van der Waals surface area (Å²) in [5.41, 5.74) is 0. The van der Waals surface area contributed by atoms with Crippen LogP contribution in [0.4, 0.5) is 0 Å². The lowest BCUT2D eigenvalue weighted by atomic mass is 10.2. The van der Waals surface area contributed by atoms with E-state index < -0.39 is 0 Å². The number of hydrogen-bond donors (Lipinski definition) is 1. The lowest BCUT2D eigenvalue weighted by Crippen LogP contribution is -2.50. The normalized spacial score (nSPS) is 24.9. The quantitative estimate of drug-likeness (QED) is 0.689. The highest BCUT2D eigenvalue weighted by atomic mass is 16.5. The van der Waals surface area contributed by atoms with Crippen LogP contribution in [0.25, 0.3) is 0 Å². The average Bonchev–Trinajstić information content (AvgIpc) is 2.91. The van der Waals surface area contributed by atoms with Crippen LogP contribution < -0.4 is 0 Å². The summed E-state index contributed by atoms with van der Waals surface area (Å²) in [6, 6.07) is 0. The molecule has 0 unspecified atom stereocenters. The third-order valence-corrected chi connectivity index (χ3v) is 4.22. The Balaban J connectivity index is 1.56. The third kappa shape index (κ3) is 5.36. The summed E-state index contributed by atoms with van der Waals surface area (Å²) in [5.74, 6) is 0. The summed E-state index contributed by atoms with van der Waals surface area (Å²) < 4.78 is 4.97. The summed E-state index contributed by atoms with van der Waals surface area (Å²) >= 11 is 0. The molecular weight excluding hydrogens is 242 g/mol. The Morgan fingerprint density at radius 1 is 0.895 bits per heavy atom. The minimum atomic E-state index is -0.346. The van der Waals surface area contributed by atoms with Gasteiger partial charge in [0.25, 0.3) is 0 Å². The van der Waals surface area contributed by atoms with E-state index in [9.17, 15) is 5.11 Å². The highest BCUT2D eigenvalue weighted by Crippen LogP contribution is 2.08. The SMILES string of the molecule is COC[C@@H](O)CN1CCN(CCN2CCCC2)CC1. The Morgan fingerprint density at radius 2 is 1.42 bits per heavy atom. The van der Waals surface area contributed by atoms with E-state index >= 15 is 0 Å². The zero-order chi connectivity index (χ0) is 13.5. The van der Waals surface area contributed by atoms with Crippen LogP contribution in [0.5, 0.6) is 0 Å². The van der Waals surface area contributed by atoms with Gasteiger partial charge in [0.1, 0.15) is 0 Å². The number of hydrogen-bond acceptors (Lipinski definition) is 5. The topological polar surface area (TPSA) is 39.2 Å². The summed E-state index contributed by atoms with van der Waals surface area (Å²) in [5, 5.41) is 9.73. The Labute approximate surface area is 117 Å². The Morgan fingerprint density at radius 3 is 2.00 bits per heavy atom. The van der Waals surface area contributed by atoms with Gasteiger partial charge in [-0.2, -0.15) is 0 Å². The van der Waals surface area contributed by atoms with Gasteiger partial charge in [0.15, 0.2) is 0 Å². The van der Waals surface area contributed by atoms with E-state index in [2.05, 4.69) is 14.7 Å². The minimum Gasteiger partial charge on any atom is -0.389 e. The molecule has 0 amide bonds. The molecule has 5 heteroatoms. The predicted octanol–water partition coefficient (Wildman–Crippen LogP) is -0.293.